The summed E-state index contributed by atoms with van der Waals surface area (Å²) in [5, 5.41) is 21.8. The fraction of sp³-hybridized carbons (Fsp3) is 0.529. The first-order chi connectivity index (χ1) is 43.2. The molecule has 2 spiro atoms. The highest BCUT2D eigenvalue weighted by Crippen LogP contribution is 2.49. The fourth-order valence-electron chi connectivity index (χ4n) is 15.2. The van der Waals surface area contributed by atoms with Crippen LogP contribution < -0.4 is 28.7 Å². The molecule has 0 radical (unpaired) electrons. The lowest BCUT2D eigenvalue weighted by atomic mass is 9.68. The van der Waals surface area contributed by atoms with E-state index in [0.29, 0.717) is 73.8 Å². The highest BCUT2D eigenvalue weighted by Gasteiger charge is 2.47. The summed E-state index contributed by atoms with van der Waals surface area (Å²) in [4.78, 5) is 55.3. The van der Waals surface area contributed by atoms with Gasteiger partial charge in [-0.1, -0.05) is 59.6 Å². The third-order valence-corrected chi connectivity index (χ3v) is 24.6. The second-order valence-corrected chi connectivity index (χ2v) is 30.8. The number of esters is 2. The Labute approximate surface area is 538 Å². The van der Waals surface area contributed by atoms with Crippen LogP contribution in [0.2, 0.25) is 10.0 Å². The van der Waals surface area contributed by atoms with Crippen molar-refractivity contribution in [3.8, 4) is 11.5 Å². The van der Waals surface area contributed by atoms with E-state index in [-0.39, 0.29) is 84.2 Å². The first-order valence-electron chi connectivity index (χ1n) is 31.7. The number of sulfonamides is 2. The number of fused-ring (bicyclic) bond motifs is 8. The Morgan fingerprint density at radius 3 is 1.41 bits per heavy atom. The van der Waals surface area contributed by atoms with Gasteiger partial charge in [0.15, 0.2) is 0 Å². The molecule has 0 unspecified atom stereocenters. The number of hydrogen-bond acceptors (Lipinski definition) is 16. The SMILES string of the molecule is COC(=O)CC[C@@H]1CC/C=C/[C@H](O)[C@@H]2CC[C@H]2CN2C[C@@]3(CCCc4cc(Cl)ccc43)COc3ccc(cc32)C(=O)NS1(=O)=O.COC(=O)CC[C@H]1CC/C=C/[C@H](O)[C@@H]2CC[C@H]2CN2C[C@@]3(CCCc4cc(Cl)ccc43)COc3ccc(cc32)C(=O)NS1(=O)=O. The third-order valence-electron chi connectivity index (χ3n) is 20.5. The van der Waals surface area contributed by atoms with Crippen LogP contribution in [0.25, 0.3) is 0 Å². The predicted octanol–water partition coefficient (Wildman–Crippen LogP) is 9.86. The molecule has 4 aromatic rings. The number of carbonyl (C=O) groups excluding carboxylic acids is 4. The number of anilines is 2. The van der Waals surface area contributed by atoms with Gasteiger partial charge in [-0.3, -0.25) is 19.2 Å². The molecule has 2 amide bonds. The van der Waals surface area contributed by atoms with Crippen molar-refractivity contribution in [1.29, 1.82) is 0 Å². The molecule has 4 aliphatic carbocycles. The summed E-state index contributed by atoms with van der Waals surface area (Å²) in [6.07, 6.45) is 16.4. The van der Waals surface area contributed by atoms with Gasteiger partial charge in [0.05, 0.1) is 61.5 Å². The van der Waals surface area contributed by atoms with Crippen molar-refractivity contribution in [3.63, 3.8) is 0 Å². The molecule has 18 nitrogen and oxygen atoms in total. The molecule has 12 rings (SSSR count). The molecule has 0 aromatic heterocycles. The van der Waals surface area contributed by atoms with Crippen LogP contribution in [0.5, 0.6) is 11.5 Å². The molecule has 484 valence electrons. The second-order valence-electron chi connectivity index (χ2n) is 26.0. The summed E-state index contributed by atoms with van der Waals surface area (Å²) in [6, 6.07) is 22.4. The largest absolute Gasteiger partial charge is 0.490 e. The molecule has 2 fully saturated rings. The predicted molar refractivity (Wildman–Crippen MR) is 344 cm³/mol. The molecular formula is C68H82Cl2N4O14S2. The zero-order chi connectivity index (χ0) is 63.5. The van der Waals surface area contributed by atoms with Crippen LogP contribution in [0.4, 0.5) is 11.4 Å². The Kier molecular flexibility index (Phi) is 20.0. The van der Waals surface area contributed by atoms with E-state index in [1.54, 1.807) is 48.6 Å². The van der Waals surface area contributed by atoms with Crippen molar-refractivity contribution < 1.29 is 65.2 Å². The first kappa shape index (κ1) is 65.3. The number of amides is 2. The molecule has 2 saturated carbocycles. The van der Waals surface area contributed by atoms with E-state index >= 15 is 0 Å². The highest BCUT2D eigenvalue weighted by molar-refractivity contribution is 7.91. The van der Waals surface area contributed by atoms with Gasteiger partial charge in [-0.05, 0) is 209 Å². The summed E-state index contributed by atoms with van der Waals surface area (Å²) in [7, 11) is -5.76. The number of methoxy groups -OCH3 is 2. The molecule has 4 bridgehead atoms. The van der Waals surface area contributed by atoms with Gasteiger partial charge in [-0.15, -0.1) is 0 Å². The number of rotatable bonds is 6. The molecule has 8 aliphatic rings. The number of benzene rings is 4. The number of nitrogens with one attached hydrogen (secondary N) is 2. The molecule has 4 aliphatic heterocycles. The van der Waals surface area contributed by atoms with Gasteiger partial charge < -0.3 is 39.0 Å². The summed E-state index contributed by atoms with van der Waals surface area (Å²) >= 11 is 12.8. The lowest BCUT2D eigenvalue weighted by Gasteiger charge is -2.45. The number of nitrogens with zero attached hydrogens (tertiary/aromatic N) is 2. The number of allylic oxidation sites excluding steroid dienone is 2. The van der Waals surface area contributed by atoms with Crippen molar-refractivity contribution in [2.75, 3.05) is 63.4 Å². The van der Waals surface area contributed by atoms with Crippen molar-refractivity contribution in [2.45, 2.75) is 149 Å². The molecule has 22 heteroatoms. The van der Waals surface area contributed by atoms with E-state index in [1.165, 1.54) is 36.5 Å². The number of aliphatic hydroxyl groups excluding tert-OH is 2. The molecule has 4 aromatic carbocycles. The second kappa shape index (κ2) is 27.6. The average Bonchev–Trinajstić information content (AvgIpc) is 1.46. The molecule has 4 heterocycles. The van der Waals surface area contributed by atoms with Gasteiger partial charge in [0, 0.05) is 71.0 Å². The monoisotopic (exact) mass is 1310 g/mol. The minimum Gasteiger partial charge on any atom is -0.490 e. The van der Waals surface area contributed by atoms with Gasteiger partial charge in [-0.2, -0.15) is 0 Å². The maximum Gasteiger partial charge on any atom is 0.305 e. The average molecular weight is 1310 g/mol. The Hall–Kier alpha value is -6.16. The van der Waals surface area contributed by atoms with Gasteiger partial charge in [0.2, 0.25) is 20.0 Å². The van der Waals surface area contributed by atoms with Crippen LogP contribution >= 0.6 is 23.2 Å². The van der Waals surface area contributed by atoms with Gasteiger partial charge in [0.1, 0.15) is 11.5 Å². The van der Waals surface area contributed by atoms with Crippen LogP contribution in [-0.2, 0) is 62.8 Å². The van der Waals surface area contributed by atoms with Crippen LogP contribution in [0, 0.1) is 23.7 Å². The van der Waals surface area contributed by atoms with Crippen LogP contribution in [-0.4, -0.2) is 127 Å². The van der Waals surface area contributed by atoms with Crippen LogP contribution in [0.1, 0.15) is 146 Å². The third kappa shape index (κ3) is 14.2. The van der Waals surface area contributed by atoms with E-state index in [9.17, 15) is 46.2 Å². The Balaban J connectivity index is 0.000000185. The van der Waals surface area contributed by atoms with E-state index in [2.05, 4.69) is 43.5 Å². The van der Waals surface area contributed by atoms with Gasteiger partial charge in [-0.25, -0.2) is 26.3 Å². The summed E-state index contributed by atoms with van der Waals surface area (Å²) < 4.78 is 80.9. The zero-order valence-electron chi connectivity index (χ0n) is 51.1. The molecule has 10 atom stereocenters. The lowest BCUT2D eigenvalue weighted by molar-refractivity contribution is -0.141. The highest BCUT2D eigenvalue weighted by atomic mass is 35.5. The number of carbonyl (C=O) groups is 4. The molecule has 0 saturated heterocycles. The molecular weight excluding hydrogens is 1230 g/mol. The molecule has 90 heavy (non-hydrogen) atoms. The first-order valence-corrected chi connectivity index (χ1v) is 35.6. The molecule has 4 N–H and O–H groups in total. The summed E-state index contributed by atoms with van der Waals surface area (Å²) in [5.74, 6) is -0.591. The Morgan fingerprint density at radius 2 is 1.02 bits per heavy atom. The van der Waals surface area contributed by atoms with Crippen molar-refractivity contribution in [2.24, 2.45) is 23.7 Å². The normalized spacial score (nSPS) is 30.0. The number of aryl methyl sites for hydroxylation is 2. The van der Waals surface area contributed by atoms with Crippen molar-refractivity contribution in [3.05, 3.63) is 141 Å². The zero-order valence-corrected chi connectivity index (χ0v) is 54.2. The minimum atomic E-state index is -4.13. The topological polar surface area (TPSA) is 244 Å². The minimum absolute atomic E-state index is 0.0109. The van der Waals surface area contributed by atoms with Gasteiger partial charge in [0.25, 0.3) is 11.8 Å². The Bertz CT molecular complexity index is 3420. The van der Waals surface area contributed by atoms with Crippen molar-refractivity contribution >= 4 is 78.4 Å². The summed E-state index contributed by atoms with van der Waals surface area (Å²) in [5.41, 5.74) is 6.22. The number of halogens is 2. The van der Waals surface area contributed by atoms with E-state index in [0.717, 1.165) is 75.6 Å². The van der Waals surface area contributed by atoms with E-state index in [4.69, 9.17) is 42.1 Å². The number of hydrogen-bond donors (Lipinski definition) is 4. The van der Waals surface area contributed by atoms with E-state index in [1.807, 2.05) is 24.3 Å². The number of ether oxygens (including phenoxy) is 4. The van der Waals surface area contributed by atoms with Crippen LogP contribution in [0.15, 0.2) is 97.1 Å². The van der Waals surface area contributed by atoms with Crippen LogP contribution in [0.3, 0.4) is 0 Å². The summed E-state index contributed by atoms with van der Waals surface area (Å²) in [6.45, 7) is 3.59. The quantitative estimate of drug-likeness (QED) is 0.104. The maximum absolute atomic E-state index is 13.5. The van der Waals surface area contributed by atoms with Crippen molar-refractivity contribution in [1.82, 2.24) is 9.44 Å². The smallest absolute Gasteiger partial charge is 0.305 e. The van der Waals surface area contributed by atoms with E-state index < -0.39 is 66.5 Å². The Morgan fingerprint density at radius 1 is 0.600 bits per heavy atom. The lowest BCUT2D eigenvalue weighted by Crippen LogP contribution is -2.49. The standard InChI is InChI=1S/2C34H41ClN2O7S/c2*1-43-32(39)15-11-26-6-2-3-7-30(38)27-12-8-24(27)19-37-20-34(16-4-5-22-17-25(35)10-13-28(22)34)21-44-31-14-9-23(18-29(31)37)33(40)36-45(26,41)42/h2*3,7,9-10,13-14,17-18,24,26-27,30,38H,2,4-6,8,11-12,15-16,19-21H2,1H3,(H,36,40)/b2*7-3+/t24-,26+,27+,30-,34-;24-,26-,27+,30-,34-/m00/s1. The van der Waals surface area contributed by atoms with Gasteiger partial charge >= 0.3 is 11.9 Å². The maximum atomic E-state index is 13.5. The number of aliphatic hydroxyl groups is 2. The fourth-order valence-corrected chi connectivity index (χ4v) is 18.4.